The molecule has 0 unspecified atom stereocenters. The summed E-state index contributed by atoms with van der Waals surface area (Å²) >= 11 is 0. The van der Waals surface area contributed by atoms with Gasteiger partial charge in [0.2, 0.25) is 21.8 Å². The van der Waals surface area contributed by atoms with E-state index in [1.807, 2.05) is 36.1 Å². The molecule has 1 fully saturated rings. The second-order valence-corrected chi connectivity index (χ2v) is 10.6. The minimum Gasteiger partial charge on any atom is -0.343 e. The number of nitrogens with one attached hydrogen (secondary N) is 1. The highest BCUT2D eigenvalue weighted by molar-refractivity contribution is 7.89. The van der Waals surface area contributed by atoms with E-state index in [2.05, 4.69) is 4.72 Å². The Morgan fingerprint density at radius 3 is 2.33 bits per heavy atom. The molecule has 0 saturated carbocycles. The average Bonchev–Trinajstić information content (AvgIpc) is 3.26. The molecule has 0 bridgehead atoms. The summed E-state index contributed by atoms with van der Waals surface area (Å²) in [6, 6.07) is 12.6. The second kappa shape index (κ2) is 10.1. The topological polar surface area (TPSA) is 86.8 Å². The lowest BCUT2D eigenvalue weighted by Gasteiger charge is -2.27. The van der Waals surface area contributed by atoms with Crippen molar-refractivity contribution in [3.05, 3.63) is 59.2 Å². The van der Waals surface area contributed by atoms with Gasteiger partial charge < -0.3 is 9.80 Å². The Kier molecular flexibility index (Phi) is 7.14. The van der Waals surface area contributed by atoms with E-state index in [0.717, 1.165) is 54.7 Å². The van der Waals surface area contributed by atoms with Crippen molar-refractivity contribution < 1.29 is 18.0 Å². The highest BCUT2D eigenvalue weighted by Crippen LogP contribution is 2.31. The van der Waals surface area contributed by atoms with Crippen molar-refractivity contribution in [2.75, 3.05) is 24.5 Å². The van der Waals surface area contributed by atoms with Crippen LogP contribution in [0.5, 0.6) is 0 Å². The molecule has 1 saturated heterocycles. The van der Waals surface area contributed by atoms with Crippen molar-refractivity contribution in [1.29, 1.82) is 0 Å². The Hall–Kier alpha value is -2.71. The predicted octanol–water partition coefficient (Wildman–Crippen LogP) is 3.16. The van der Waals surface area contributed by atoms with E-state index < -0.39 is 10.0 Å². The Bertz CT molecular complexity index is 1120. The molecular formula is C25H31N3O4S. The van der Waals surface area contributed by atoms with Crippen molar-refractivity contribution in [2.24, 2.45) is 0 Å². The molecule has 2 aromatic carbocycles. The van der Waals surface area contributed by atoms with E-state index in [4.69, 9.17) is 0 Å². The zero-order valence-corrected chi connectivity index (χ0v) is 19.9. The van der Waals surface area contributed by atoms with Crippen molar-refractivity contribution in [1.82, 2.24) is 9.62 Å². The van der Waals surface area contributed by atoms with Gasteiger partial charge in [0.05, 0.1) is 4.90 Å². The van der Waals surface area contributed by atoms with Gasteiger partial charge >= 0.3 is 0 Å². The predicted molar refractivity (Wildman–Crippen MR) is 127 cm³/mol. The number of carbonyl (C=O) groups is 2. The molecule has 8 heteroatoms. The van der Waals surface area contributed by atoms with Crippen LogP contribution in [0.3, 0.4) is 0 Å². The van der Waals surface area contributed by atoms with E-state index in [1.54, 1.807) is 23.1 Å². The molecule has 2 aliphatic heterocycles. The number of amides is 2. The SMILES string of the molecule is Cc1ccc(CNS(=O)(=O)c2ccc3c(c2)CCN3C(=O)CCC(=O)N2CCCCC2)cc1. The molecule has 0 aliphatic carbocycles. The molecule has 4 rings (SSSR count). The van der Waals surface area contributed by atoms with Gasteiger partial charge in [-0.2, -0.15) is 0 Å². The number of rotatable bonds is 7. The highest BCUT2D eigenvalue weighted by atomic mass is 32.2. The van der Waals surface area contributed by atoms with Gasteiger partial charge in [0.25, 0.3) is 0 Å². The number of aryl methyl sites for hydroxylation is 1. The molecule has 2 aromatic rings. The molecule has 0 atom stereocenters. The highest BCUT2D eigenvalue weighted by Gasteiger charge is 2.27. The maximum absolute atomic E-state index is 12.8. The number of carbonyl (C=O) groups excluding carboxylic acids is 2. The van der Waals surface area contributed by atoms with Crippen molar-refractivity contribution in [3.63, 3.8) is 0 Å². The van der Waals surface area contributed by atoms with Crippen LogP contribution >= 0.6 is 0 Å². The summed E-state index contributed by atoms with van der Waals surface area (Å²) in [7, 11) is -3.67. The number of piperidine rings is 1. The average molecular weight is 470 g/mol. The van der Waals surface area contributed by atoms with Gasteiger partial charge in [-0.3, -0.25) is 9.59 Å². The number of nitrogens with zero attached hydrogens (tertiary/aromatic N) is 2. The van der Waals surface area contributed by atoms with Gasteiger partial charge in [0.15, 0.2) is 0 Å². The standard InChI is InChI=1S/C25H31N3O4S/c1-19-5-7-20(8-6-19)18-26-33(31,32)22-9-10-23-21(17-22)13-16-28(23)25(30)12-11-24(29)27-14-3-2-4-15-27/h5-10,17,26H,2-4,11-16,18H2,1H3. The molecule has 2 amide bonds. The summed E-state index contributed by atoms with van der Waals surface area (Å²) < 4.78 is 28.2. The zero-order valence-electron chi connectivity index (χ0n) is 19.0. The molecule has 0 aromatic heterocycles. The number of hydrogen-bond acceptors (Lipinski definition) is 4. The monoisotopic (exact) mass is 469 g/mol. The fourth-order valence-corrected chi connectivity index (χ4v) is 5.49. The number of hydrogen-bond donors (Lipinski definition) is 1. The minimum absolute atomic E-state index is 0.0450. The summed E-state index contributed by atoms with van der Waals surface area (Å²) in [6.07, 6.45) is 4.22. The van der Waals surface area contributed by atoms with Crippen LogP contribution in [0.2, 0.25) is 0 Å². The van der Waals surface area contributed by atoms with Crippen LogP contribution in [0.15, 0.2) is 47.4 Å². The quantitative estimate of drug-likeness (QED) is 0.675. The minimum atomic E-state index is -3.67. The molecule has 0 radical (unpaired) electrons. The molecule has 7 nitrogen and oxygen atoms in total. The lowest BCUT2D eigenvalue weighted by Crippen LogP contribution is -2.37. The van der Waals surface area contributed by atoms with E-state index in [9.17, 15) is 18.0 Å². The fraction of sp³-hybridized carbons (Fsp3) is 0.440. The Labute approximate surface area is 195 Å². The van der Waals surface area contributed by atoms with Crippen LogP contribution in [-0.4, -0.2) is 44.8 Å². The van der Waals surface area contributed by atoms with Crippen LogP contribution in [0, 0.1) is 6.92 Å². The summed E-state index contributed by atoms with van der Waals surface area (Å²) in [5.74, 6) is -0.0456. The van der Waals surface area contributed by atoms with E-state index in [-0.39, 0.29) is 36.1 Å². The van der Waals surface area contributed by atoms with Crippen LogP contribution in [0.1, 0.15) is 48.8 Å². The van der Waals surface area contributed by atoms with Crippen LogP contribution < -0.4 is 9.62 Å². The fourth-order valence-electron chi connectivity index (χ4n) is 4.42. The van der Waals surface area contributed by atoms with Gasteiger partial charge in [-0.05, 0) is 61.9 Å². The Balaban J connectivity index is 1.37. The number of likely N-dealkylation sites (tertiary alicyclic amines) is 1. The van der Waals surface area contributed by atoms with E-state index in [1.165, 1.54) is 0 Å². The molecule has 33 heavy (non-hydrogen) atoms. The smallest absolute Gasteiger partial charge is 0.240 e. The molecule has 1 N–H and O–H groups in total. The van der Waals surface area contributed by atoms with Gasteiger partial charge in [0.1, 0.15) is 0 Å². The molecule has 176 valence electrons. The van der Waals surface area contributed by atoms with Crippen LogP contribution in [-0.2, 0) is 32.6 Å². The second-order valence-electron chi connectivity index (χ2n) is 8.84. The maximum atomic E-state index is 12.8. The first-order valence-electron chi connectivity index (χ1n) is 11.6. The first-order chi connectivity index (χ1) is 15.8. The van der Waals surface area contributed by atoms with Crippen LogP contribution in [0.4, 0.5) is 5.69 Å². The molecule has 0 spiro atoms. The normalized spacial score (nSPS) is 16.0. The van der Waals surface area contributed by atoms with Gasteiger partial charge in [-0.25, -0.2) is 13.1 Å². The lowest BCUT2D eigenvalue weighted by atomic mass is 10.1. The largest absolute Gasteiger partial charge is 0.343 e. The Morgan fingerprint density at radius 1 is 0.909 bits per heavy atom. The number of sulfonamides is 1. The number of anilines is 1. The summed E-state index contributed by atoms with van der Waals surface area (Å²) in [5.41, 5.74) is 3.59. The first-order valence-corrected chi connectivity index (χ1v) is 13.1. The van der Waals surface area contributed by atoms with Crippen molar-refractivity contribution >= 4 is 27.5 Å². The summed E-state index contributed by atoms with van der Waals surface area (Å²) in [4.78, 5) is 28.9. The Morgan fingerprint density at radius 2 is 1.61 bits per heavy atom. The maximum Gasteiger partial charge on any atom is 0.240 e. The van der Waals surface area contributed by atoms with Gasteiger partial charge in [0, 0.05) is 44.7 Å². The first kappa shape index (κ1) is 23.4. The van der Waals surface area contributed by atoms with Gasteiger partial charge in [-0.15, -0.1) is 0 Å². The van der Waals surface area contributed by atoms with Crippen LogP contribution in [0.25, 0.3) is 0 Å². The molecular weight excluding hydrogens is 438 g/mol. The third-order valence-corrected chi connectivity index (χ3v) is 7.81. The molecule has 2 heterocycles. The zero-order chi connectivity index (χ0) is 23.4. The third-order valence-electron chi connectivity index (χ3n) is 6.41. The number of benzene rings is 2. The summed E-state index contributed by atoms with van der Waals surface area (Å²) in [5, 5.41) is 0. The van der Waals surface area contributed by atoms with E-state index in [0.29, 0.717) is 13.0 Å². The lowest BCUT2D eigenvalue weighted by molar-refractivity contribution is -0.133. The number of fused-ring (bicyclic) bond motifs is 1. The van der Waals surface area contributed by atoms with Crippen molar-refractivity contribution in [2.45, 2.75) is 56.9 Å². The molecule has 2 aliphatic rings. The van der Waals surface area contributed by atoms with Gasteiger partial charge in [-0.1, -0.05) is 29.8 Å². The summed E-state index contributed by atoms with van der Waals surface area (Å²) in [6.45, 7) is 4.28. The third kappa shape index (κ3) is 5.62. The van der Waals surface area contributed by atoms with Crippen molar-refractivity contribution in [3.8, 4) is 0 Å². The van der Waals surface area contributed by atoms with E-state index >= 15 is 0 Å².